The molecule has 1 aliphatic carbocycles. The second-order valence-electron chi connectivity index (χ2n) is 5.27. The number of amides is 2. The van der Waals surface area contributed by atoms with E-state index in [4.69, 9.17) is 5.73 Å². The van der Waals surface area contributed by atoms with Crippen LogP contribution in [0.5, 0.6) is 0 Å². The molecule has 0 radical (unpaired) electrons. The first-order chi connectivity index (χ1) is 8.60. The van der Waals surface area contributed by atoms with Gasteiger partial charge in [0.2, 0.25) is 5.91 Å². The molecule has 0 aromatic rings. The van der Waals surface area contributed by atoms with Gasteiger partial charge in [-0.05, 0) is 19.3 Å². The molecule has 1 atom stereocenters. The molecule has 1 spiro atoms. The number of hydrogen-bond acceptors (Lipinski definition) is 3. The first-order valence-corrected chi connectivity index (χ1v) is 6.80. The predicted octanol–water partition coefficient (Wildman–Crippen LogP) is 1.12. The Kier molecular flexibility index (Phi) is 3.80. The topological polar surface area (TPSA) is 84.5 Å². The van der Waals surface area contributed by atoms with E-state index in [1.165, 1.54) is 0 Å². The van der Waals surface area contributed by atoms with Crippen LogP contribution in [0, 0.1) is 5.41 Å². The van der Waals surface area contributed by atoms with Gasteiger partial charge >= 0.3 is 0 Å². The third kappa shape index (κ3) is 2.19. The Labute approximate surface area is 107 Å². The van der Waals surface area contributed by atoms with Gasteiger partial charge in [-0.2, -0.15) is 4.99 Å². The zero-order valence-corrected chi connectivity index (χ0v) is 10.9. The van der Waals surface area contributed by atoms with Gasteiger partial charge < -0.3 is 11.1 Å². The number of carbonyl (C=O) groups is 2. The Balaban J connectivity index is 2.27. The van der Waals surface area contributed by atoms with Crippen molar-refractivity contribution in [2.75, 3.05) is 0 Å². The summed E-state index contributed by atoms with van der Waals surface area (Å²) in [6, 6.07) is -0.360. The maximum atomic E-state index is 12.3. The smallest absolute Gasteiger partial charge is 0.263 e. The van der Waals surface area contributed by atoms with E-state index < -0.39 is 5.41 Å². The van der Waals surface area contributed by atoms with Crippen molar-refractivity contribution in [2.45, 2.75) is 57.9 Å². The van der Waals surface area contributed by atoms with Crippen LogP contribution in [-0.4, -0.2) is 23.7 Å². The predicted molar refractivity (Wildman–Crippen MR) is 69.0 cm³/mol. The highest BCUT2D eigenvalue weighted by molar-refractivity contribution is 6.19. The Morgan fingerprint density at radius 3 is 2.39 bits per heavy atom. The Morgan fingerprint density at radius 2 is 1.89 bits per heavy atom. The maximum Gasteiger partial charge on any atom is 0.263 e. The lowest BCUT2D eigenvalue weighted by atomic mass is 9.77. The quantitative estimate of drug-likeness (QED) is 0.721. The molecule has 2 aliphatic rings. The molecule has 5 heteroatoms. The van der Waals surface area contributed by atoms with Gasteiger partial charge in [-0.25, -0.2) is 0 Å². The molecular weight excluding hydrogens is 230 g/mol. The minimum absolute atomic E-state index is 0.191. The van der Waals surface area contributed by atoms with Crippen molar-refractivity contribution in [1.82, 2.24) is 5.32 Å². The maximum absolute atomic E-state index is 12.3. The summed E-state index contributed by atoms with van der Waals surface area (Å²) in [6.45, 7) is 1.90. The summed E-state index contributed by atoms with van der Waals surface area (Å²) in [5.74, 6) is -0.141. The van der Waals surface area contributed by atoms with Gasteiger partial charge in [0, 0.05) is 0 Å². The zero-order valence-electron chi connectivity index (χ0n) is 10.9. The fraction of sp³-hybridized carbons (Fsp3) is 0.769. The second-order valence-corrected chi connectivity index (χ2v) is 5.27. The molecule has 1 saturated carbocycles. The van der Waals surface area contributed by atoms with Gasteiger partial charge in [0.25, 0.3) is 5.91 Å². The molecule has 18 heavy (non-hydrogen) atoms. The molecule has 0 aromatic carbocycles. The molecule has 2 rings (SSSR count). The van der Waals surface area contributed by atoms with E-state index in [1.807, 2.05) is 6.92 Å². The van der Waals surface area contributed by atoms with Gasteiger partial charge in [0.1, 0.15) is 11.3 Å². The Bertz CT molecular complexity index is 382. The molecule has 0 bridgehead atoms. The van der Waals surface area contributed by atoms with Crippen molar-refractivity contribution in [3.63, 3.8) is 0 Å². The van der Waals surface area contributed by atoms with Crippen LogP contribution in [-0.2, 0) is 9.59 Å². The normalized spacial score (nSPS) is 25.3. The highest BCUT2D eigenvalue weighted by Gasteiger charge is 2.48. The highest BCUT2D eigenvalue weighted by Crippen LogP contribution is 2.38. The Hall–Kier alpha value is -1.23. The fourth-order valence-electron chi connectivity index (χ4n) is 2.72. The molecular formula is C13H21N3O2. The number of nitrogens with two attached hydrogens (primary N) is 1. The average Bonchev–Trinajstić information content (AvgIpc) is 2.61. The molecule has 0 saturated heterocycles. The Morgan fingerprint density at radius 1 is 1.28 bits per heavy atom. The van der Waals surface area contributed by atoms with Gasteiger partial charge in [0.15, 0.2) is 0 Å². The molecule has 0 aromatic heterocycles. The summed E-state index contributed by atoms with van der Waals surface area (Å²) >= 11 is 0. The van der Waals surface area contributed by atoms with E-state index in [9.17, 15) is 9.59 Å². The summed E-state index contributed by atoms with van der Waals surface area (Å²) in [7, 11) is 0. The molecule has 5 nitrogen and oxygen atoms in total. The summed E-state index contributed by atoms with van der Waals surface area (Å²) < 4.78 is 0. The lowest BCUT2D eigenvalue weighted by molar-refractivity contribution is -0.142. The van der Waals surface area contributed by atoms with Crippen molar-refractivity contribution in [2.24, 2.45) is 16.1 Å². The van der Waals surface area contributed by atoms with Crippen molar-refractivity contribution in [3.8, 4) is 0 Å². The first kappa shape index (κ1) is 13.2. The van der Waals surface area contributed by atoms with Crippen molar-refractivity contribution < 1.29 is 9.59 Å². The number of amidine groups is 1. The summed E-state index contributed by atoms with van der Waals surface area (Å²) in [5.41, 5.74) is 4.91. The monoisotopic (exact) mass is 251 g/mol. The lowest BCUT2D eigenvalue weighted by Gasteiger charge is -2.32. The van der Waals surface area contributed by atoms with Gasteiger partial charge in [-0.15, -0.1) is 0 Å². The van der Waals surface area contributed by atoms with E-state index in [2.05, 4.69) is 10.3 Å². The minimum Gasteiger partial charge on any atom is -0.321 e. The number of carbonyl (C=O) groups excluding carboxylic acids is 2. The fourth-order valence-corrected chi connectivity index (χ4v) is 2.72. The zero-order chi connectivity index (χ0) is 13.2. The first-order valence-electron chi connectivity index (χ1n) is 6.80. The van der Waals surface area contributed by atoms with Crippen LogP contribution in [0.1, 0.15) is 51.9 Å². The van der Waals surface area contributed by atoms with Crippen molar-refractivity contribution >= 4 is 17.6 Å². The van der Waals surface area contributed by atoms with Crippen LogP contribution in [0.25, 0.3) is 0 Å². The summed E-state index contributed by atoms with van der Waals surface area (Å²) in [6.07, 6.45) is 5.92. The third-order valence-electron chi connectivity index (χ3n) is 4.06. The summed E-state index contributed by atoms with van der Waals surface area (Å²) in [4.78, 5) is 28.6. The molecule has 1 heterocycles. The third-order valence-corrected chi connectivity index (χ3v) is 4.06. The van der Waals surface area contributed by atoms with E-state index in [1.54, 1.807) is 0 Å². The van der Waals surface area contributed by atoms with Gasteiger partial charge in [-0.1, -0.05) is 32.6 Å². The molecule has 1 aliphatic heterocycles. The van der Waals surface area contributed by atoms with Crippen molar-refractivity contribution in [1.29, 1.82) is 0 Å². The van der Waals surface area contributed by atoms with Crippen molar-refractivity contribution in [3.05, 3.63) is 0 Å². The van der Waals surface area contributed by atoms with E-state index in [-0.39, 0.29) is 17.9 Å². The van der Waals surface area contributed by atoms with Crippen LogP contribution >= 0.6 is 0 Å². The molecule has 1 unspecified atom stereocenters. The van der Waals surface area contributed by atoms with E-state index >= 15 is 0 Å². The van der Waals surface area contributed by atoms with E-state index in [0.717, 1.165) is 25.7 Å². The largest absolute Gasteiger partial charge is 0.321 e. The average molecular weight is 251 g/mol. The van der Waals surface area contributed by atoms with Crippen LogP contribution in [0.15, 0.2) is 4.99 Å². The number of nitrogens with zero attached hydrogens (tertiary/aromatic N) is 1. The second kappa shape index (κ2) is 5.18. The number of hydrogen-bond donors (Lipinski definition) is 2. The molecule has 3 N–H and O–H groups in total. The van der Waals surface area contributed by atoms with Crippen LogP contribution in [0.4, 0.5) is 0 Å². The molecule has 100 valence electrons. The minimum atomic E-state index is -0.909. The standard InChI is InChI=1S/C13H21N3O2/c1-2-9(14)10-15-11(17)13(12(18)16-10)7-5-3-4-6-8-13/h9H,2-8,14H2,1H3,(H,15,16,17,18). The van der Waals surface area contributed by atoms with E-state index in [0.29, 0.717) is 25.1 Å². The molecule has 2 amide bonds. The summed E-state index contributed by atoms with van der Waals surface area (Å²) in [5, 5.41) is 2.75. The van der Waals surface area contributed by atoms with Gasteiger partial charge in [-0.3, -0.25) is 9.59 Å². The number of aliphatic imine (C=N–C) groups is 1. The van der Waals surface area contributed by atoms with Crippen LogP contribution < -0.4 is 11.1 Å². The van der Waals surface area contributed by atoms with Crippen LogP contribution in [0.3, 0.4) is 0 Å². The molecule has 1 fully saturated rings. The highest BCUT2D eigenvalue weighted by atomic mass is 16.2. The van der Waals surface area contributed by atoms with Gasteiger partial charge in [0.05, 0.1) is 6.04 Å². The SMILES string of the molecule is CCC(N)C1=NC(=O)C2(CCCCCC2)C(=O)N1. The number of nitrogens with one attached hydrogen (secondary N) is 1. The lowest BCUT2D eigenvalue weighted by Crippen LogP contribution is -2.56. The van der Waals surface area contributed by atoms with Crippen LogP contribution in [0.2, 0.25) is 0 Å². The number of rotatable bonds is 2.